The first-order valence-electron chi connectivity index (χ1n) is 6.44. The average molecular weight is 258 g/mol. The van der Waals surface area contributed by atoms with Crippen LogP contribution in [-0.4, -0.2) is 61.5 Å². The molecule has 1 amide bonds. The van der Waals surface area contributed by atoms with Gasteiger partial charge in [-0.3, -0.25) is 14.5 Å². The van der Waals surface area contributed by atoms with Crippen molar-refractivity contribution in [3.05, 3.63) is 0 Å². The molecule has 0 saturated carbocycles. The molecular formula is C13H26N2O3. The zero-order chi connectivity index (χ0) is 14.3. The fourth-order valence-electron chi connectivity index (χ4n) is 1.80. The number of hydrogen-bond acceptors (Lipinski definition) is 4. The second-order valence-electron chi connectivity index (χ2n) is 4.53. The number of rotatable bonds is 7. The minimum atomic E-state index is -0.246. The largest absolute Gasteiger partial charge is 0.469 e. The van der Waals surface area contributed by atoms with Gasteiger partial charge in [0.05, 0.1) is 19.6 Å². The van der Waals surface area contributed by atoms with Crippen molar-refractivity contribution in [2.45, 2.75) is 33.7 Å². The summed E-state index contributed by atoms with van der Waals surface area (Å²) in [4.78, 5) is 27.1. The molecule has 0 aliphatic carbocycles. The van der Waals surface area contributed by atoms with E-state index in [0.29, 0.717) is 19.6 Å². The number of nitrogens with zero attached hydrogens (tertiary/aromatic N) is 2. The number of amides is 1. The predicted molar refractivity (Wildman–Crippen MR) is 71.2 cm³/mol. The van der Waals surface area contributed by atoms with Gasteiger partial charge in [-0.25, -0.2) is 0 Å². The lowest BCUT2D eigenvalue weighted by molar-refractivity contribution is -0.147. The Morgan fingerprint density at radius 2 is 1.67 bits per heavy atom. The molecule has 18 heavy (non-hydrogen) atoms. The van der Waals surface area contributed by atoms with Crippen LogP contribution in [0.4, 0.5) is 0 Å². The van der Waals surface area contributed by atoms with Crippen molar-refractivity contribution in [1.82, 2.24) is 9.80 Å². The van der Waals surface area contributed by atoms with E-state index in [1.807, 2.05) is 39.6 Å². The van der Waals surface area contributed by atoms with Gasteiger partial charge < -0.3 is 9.64 Å². The predicted octanol–water partition coefficient (Wildman–Crippen LogP) is 0.984. The number of likely N-dealkylation sites (N-methyl/N-ethyl adjacent to an activating group) is 2. The van der Waals surface area contributed by atoms with Crippen molar-refractivity contribution in [1.29, 1.82) is 0 Å². The fraction of sp³-hybridized carbons (Fsp3) is 0.846. The van der Waals surface area contributed by atoms with Gasteiger partial charge >= 0.3 is 5.97 Å². The topological polar surface area (TPSA) is 49.9 Å². The highest BCUT2D eigenvalue weighted by atomic mass is 16.5. The van der Waals surface area contributed by atoms with Crippen LogP contribution in [0.5, 0.6) is 0 Å². The van der Waals surface area contributed by atoms with Crippen molar-refractivity contribution in [2.24, 2.45) is 5.92 Å². The number of methoxy groups -OCH3 is 1. The molecule has 0 aromatic heterocycles. The van der Waals surface area contributed by atoms with Crippen LogP contribution >= 0.6 is 0 Å². The first kappa shape index (κ1) is 16.9. The van der Waals surface area contributed by atoms with E-state index in [4.69, 9.17) is 4.74 Å². The summed E-state index contributed by atoms with van der Waals surface area (Å²) < 4.78 is 4.72. The first-order chi connectivity index (χ1) is 8.38. The van der Waals surface area contributed by atoms with Gasteiger partial charge in [-0.1, -0.05) is 6.92 Å². The Kier molecular flexibility index (Phi) is 7.59. The first-order valence-corrected chi connectivity index (χ1v) is 6.44. The van der Waals surface area contributed by atoms with Gasteiger partial charge in [-0.2, -0.15) is 0 Å². The van der Waals surface area contributed by atoms with E-state index in [9.17, 15) is 9.59 Å². The molecule has 0 heterocycles. The number of ether oxygens (including phenoxy) is 1. The zero-order valence-corrected chi connectivity index (χ0v) is 12.4. The molecule has 0 spiro atoms. The van der Waals surface area contributed by atoms with E-state index >= 15 is 0 Å². The molecule has 5 nitrogen and oxygen atoms in total. The van der Waals surface area contributed by atoms with Crippen molar-refractivity contribution in [2.75, 3.05) is 33.8 Å². The van der Waals surface area contributed by atoms with Crippen LogP contribution in [0.15, 0.2) is 0 Å². The highest BCUT2D eigenvalue weighted by molar-refractivity contribution is 5.78. The number of carbonyl (C=O) groups excluding carboxylic acids is 2. The van der Waals surface area contributed by atoms with Crippen molar-refractivity contribution >= 4 is 11.9 Å². The van der Waals surface area contributed by atoms with Crippen LogP contribution in [0.1, 0.15) is 27.7 Å². The van der Waals surface area contributed by atoms with E-state index in [1.54, 1.807) is 4.90 Å². The molecular weight excluding hydrogens is 232 g/mol. The van der Waals surface area contributed by atoms with Gasteiger partial charge in [0.1, 0.15) is 0 Å². The van der Waals surface area contributed by atoms with E-state index in [0.717, 1.165) is 0 Å². The summed E-state index contributed by atoms with van der Waals surface area (Å²) in [6.07, 6.45) is 0. The quantitative estimate of drug-likeness (QED) is 0.639. The standard InChI is InChI=1S/C13H26N2O3/c1-7-15(8-2)12(16)9-14(5)11(4)10(3)13(17)18-6/h10-11H,7-9H2,1-6H3. The summed E-state index contributed by atoms with van der Waals surface area (Å²) in [5, 5.41) is 0. The Labute approximate surface area is 110 Å². The summed E-state index contributed by atoms with van der Waals surface area (Å²) in [5.41, 5.74) is 0. The van der Waals surface area contributed by atoms with Gasteiger partial charge in [0, 0.05) is 19.1 Å². The van der Waals surface area contributed by atoms with E-state index in [1.165, 1.54) is 7.11 Å². The summed E-state index contributed by atoms with van der Waals surface area (Å²) in [7, 11) is 3.23. The number of hydrogen-bond donors (Lipinski definition) is 0. The maximum Gasteiger partial charge on any atom is 0.309 e. The summed E-state index contributed by atoms with van der Waals surface area (Å²) in [6, 6.07) is -0.0306. The summed E-state index contributed by atoms with van der Waals surface area (Å²) in [6.45, 7) is 9.41. The summed E-state index contributed by atoms with van der Waals surface area (Å²) >= 11 is 0. The van der Waals surface area contributed by atoms with Crippen LogP contribution in [0.3, 0.4) is 0 Å². The number of esters is 1. The molecule has 2 unspecified atom stereocenters. The zero-order valence-electron chi connectivity index (χ0n) is 12.4. The maximum atomic E-state index is 12.0. The Morgan fingerprint density at radius 3 is 2.06 bits per heavy atom. The summed E-state index contributed by atoms with van der Waals surface area (Å²) in [5.74, 6) is -0.402. The van der Waals surface area contributed by atoms with E-state index in [-0.39, 0.29) is 23.8 Å². The van der Waals surface area contributed by atoms with Gasteiger partial charge in [0.25, 0.3) is 0 Å². The van der Waals surface area contributed by atoms with Crippen molar-refractivity contribution in [3.63, 3.8) is 0 Å². The second kappa shape index (κ2) is 8.08. The minimum Gasteiger partial charge on any atom is -0.469 e. The molecule has 2 atom stereocenters. The van der Waals surface area contributed by atoms with Crippen molar-refractivity contribution in [3.8, 4) is 0 Å². The third-order valence-corrected chi connectivity index (χ3v) is 3.49. The second-order valence-corrected chi connectivity index (χ2v) is 4.53. The molecule has 0 rings (SSSR count). The molecule has 0 bridgehead atoms. The normalized spacial score (nSPS) is 14.2. The smallest absolute Gasteiger partial charge is 0.309 e. The molecule has 106 valence electrons. The molecule has 0 radical (unpaired) electrons. The Balaban J connectivity index is 4.43. The molecule has 0 aromatic rings. The Bertz CT molecular complexity index is 277. The Morgan fingerprint density at radius 1 is 1.17 bits per heavy atom. The van der Waals surface area contributed by atoms with Gasteiger partial charge in [0.15, 0.2) is 0 Å². The maximum absolute atomic E-state index is 12.0. The lowest BCUT2D eigenvalue weighted by atomic mass is 10.0. The van der Waals surface area contributed by atoms with Crippen molar-refractivity contribution < 1.29 is 14.3 Å². The molecule has 0 N–H and O–H groups in total. The third-order valence-electron chi connectivity index (χ3n) is 3.49. The SMILES string of the molecule is CCN(CC)C(=O)CN(C)C(C)C(C)C(=O)OC. The van der Waals surface area contributed by atoms with Gasteiger partial charge in [0.2, 0.25) is 5.91 Å². The monoisotopic (exact) mass is 258 g/mol. The van der Waals surface area contributed by atoms with Crippen LogP contribution < -0.4 is 0 Å². The minimum absolute atomic E-state index is 0.0306. The molecule has 0 aliphatic heterocycles. The lowest BCUT2D eigenvalue weighted by Gasteiger charge is -2.29. The highest BCUT2D eigenvalue weighted by Gasteiger charge is 2.26. The van der Waals surface area contributed by atoms with Crippen LogP contribution in [0, 0.1) is 5.92 Å². The Hall–Kier alpha value is -1.10. The highest BCUT2D eigenvalue weighted by Crippen LogP contribution is 2.11. The van der Waals surface area contributed by atoms with Gasteiger partial charge in [-0.05, 0) is 27.8 Å². The van der Waals surface area contributed by atoms with Crippen LogP contribution in [-0.2, 0) is 14.3 Å². The van der Waals surface area contributed by atoms with E-state index < -0.39 is 0 Å². The molecule has 0 saturated heterocycles. The van der Waals surface area contributed by atoms with Crippen LogP contribution in [0.2, 0.25) is 0 Å². The number of carbonyl (C=O) groups is 2. The third kappa shape index (κ3) is 4.64. The van der Waals surface area contributed by atoms with Crippen LogP contribution in [0.25, 0.3) is 0 Å². The van der Waals surface area contributed by atoms with Gasteiger partial charge in [-0.15, -0.1) is 0 Å². The molecule has 0 aromatic carbocycles. The molecule has 0 aliphatic rings. The molecule has 0 fully saturated rings. The lowest BCUT2D eigenvalue weighted by Crippen LogP contribution is -2.45. The fourth-order valence-corrected chi connectivity index (χ4v) is 1.80. The van der Waals surface area contributed by atoms with E-state index in [2.05, 4.69) is 0 Å². The molecule has 5 heteroatoms. The average Bonchev–Trinajstić information content (AvgIpc) is 2.37.